The van der Waals surface area contributed by atoms with Crippen LogP contribution in [-0.4, -0.2) is 54.9 Å². The lowest BCUT2D eigenvalue weighted by atomic mass is 9.89. The minimum absolute atomic E-state index is 0.295. The maximum atomic E-state index is 12.2. The van der Waals surface area contributed by atoms with Crippen LogP contribution in [0.15, 0.2) is 48.5 Å². The molecule has 2 heterocycles. The highest BCUT2D eigenvalue weighted by Crippen LogP contribution is 2.39. The molecule has 40 heavy (non-hydrogen) atoms. The summed E-state index contributed by atoms with van der Waals surface area (Å²) in [5.74, 6) is -2.61. The molecule has 1 aromatic heterocycles. The van der Waals surface area contributed by atoms with Crippen LogP contribution in [0.5, 0.6) is 0 Å². The van der Waals surface area contributed by atoms with E-state index in [9.17, 15) is 19.2 Å². The zero-order valence-electron chi connectivity index (χ0n) is 22.4. The maximum absolute atomic E-state index is 12.2. The molecule has 3 aromatic rings. The minimum atomic E-state index is -1.24. The molecule has 0 radical (unpaired) electrons. The Morgan fingerprint density at radius 1 is 0.825 bits per heavy atom. The van der Waals surface area contributed by atoms with Crippen LogP contribution in [0.25, 0.3) is 10.1 Å². The number of hydrogen-bond acceptors (Lipinski definition) is 10. The predicted molar refractivity (Wildman–Crippen MR) is 147 cm³/mol. The second-order valence-corrected chi connectivity index (χ2v) is 11.0. The molecule has 1 aliphatic heterocycles. The average Bonchev–Trinajstić information content (AvgIpc) is 3.28. The third-order valence-corrected chi connectivity index (χ3v) is 7.72. The number of rotatable bonds is 8. The van der Waals surface area contributed by atoms with Crippen LogP contribution in [0, 0.1) is 0 Å². The smallest absolute Gasteiger partial charge is 0.303 e. The van der Waals surface area contributed by atoms with Gasteiger partial charge in [0, 0.05) is 48.7 Å². The average molecular weight is 589 g/mol. The van der Waals surface area contributed by atoms with Crippen molar-refractivity contribution in [3.8, 4) is 0 Å². The monoisotopic (exact) mass is 588 g/mol. The van der Waals surface area contributed by atoms with E-state index in [0.29, 0.717) is 17.0 Å². The van der Waals surface area contributed by atoms with Gasteiger partial charge in [0.15, 0.2) is 18.3 Å². The van der Waals surface area contributed by atoms with Crippen molar-refractivity contribution >= 4 is 56.9 Å². The molecule has 212 valence electrons. The molecule has 11 heteroatoms. The molecule has 0 bridgehead atoms. The number of ether oxygens (including phenoxy) is 5. The second-order valence-electron chi connectivity index (χ2n) is 9.40. The molecular formula is C29H29ClO9S. The second kappa shape index (κ2) is 12.8. The number of esters is 4. The van der Waals surface area contributed by atoms with Gasteiger partial charge < -0.3 is 23.7 Å². The number of thiophene rings is 1. The van der Waals surface area contributed by atoms with Crippen molar-refractivity contribution in [2.24, 2.45) is 0 Å². The van der Waals surface area contributed by atoms with Crippen molar-refractivity contribution in [3.63, 3.8) is 0 Å². The highest BCUT2D eigenvalue weighted by atomic mass is 35.5. The van der Waals surface area contributed by atoms with Gasteiger partial charge in [0.25, 0.3) is 0 Å². The number of carbonyl (C=O) groups excluding carboxylic acids is 4. The lowest BCUT2D eigenvalue weighted by Crippen LogP contribution is -2.59. The first-order chi connectivity index (χ1) is 19.0. The Morgan fingerprint density at radius 2 is 1.48 bits per heavy atom. The summed E-state index contributed by atoms with van der Waals surface area (Å²) in [6.07, 6.45) is -5.11. The van der Waals surface area contributed by atoms with E-state index >= 15 is 0 Å². The van der Waals surface area contributed by atoms with Crippen molar-refractivity contribution in [1.29, 1.82) is 0 Å². The fourth-order valence-electron chi connectivity index (χ4n) is 4.72. The normalized spacial score (nSPS) is 22.4. The van der Waals surface area contributed by atoms with Crippen molar-refractivity contribution in [1.82, 2.24) is 0 Å². The Balaban J connectivity index is 1.74. The molecule has 9 nitrogen and oxygen atoms in total. The van der Waals surface area contributed by atoms with E-state index in [2.05, 4.69) is 12.1 Å². The van der Waals surface area contributed by atoms with Gasteiger partial charge in [-0.05, 0) is 34.7 Å². The van der Waals surface area contributed by atoms with Crippen LogP contribution in [0.4, 0.5) is 0 Å². The van der Waals surface area contributed by atoms with E-state index in [-0.39, 0.29) is 6.61 Å². The van der Waals surface area contributed by atoms with Crippen molar-refractivity contribution in [3.05, 3.63) is 69.6 Å². The Labute approximate surface area is 240 Å². The summed E-state index contributed by atoms with van der Waals surface area (Å²) in [7, 11) is 0. The fraction of sp³-hybridized carbons (Fsp3) is 0.379. The summed E-state index contributed by atoms with van der Waals surface area (Å²) >= 11 is 8.25. The first kappa shape index (κ1) is 29.5. The SMILES string of the molecule is CC(=O)OC[C@H]1OC(c2ccc(Cl)c(Cc3cc4ccccc4s3)c2)[C@@H](OC(C)=O)[C@@H](OC(C)=O)[C@@H]1OC(C)=O. The standard InChI is InChI=1S/C29H29ClO9S/c1-15(31)35-14-24-27(36-16(2)32)29(38-18(4)34)28(37-17(3)33)26(39-24)20-9-10-23(30)21(11-20)13-22-12-19-7-5-6-8-25(19)40-22/h5-12,24,26-29H,13-14H2,1-4H3/t24-,26?,27-,28-,29+/m1/s1. The van der Waals surface area contributed by atoms with Gasteiger partial charge in [-0.2, -0.15) is 0 Å². The summed E-state index contributed by atoms with van der Waals surface area (Å²) in [4.78, 5) is 49.0. The lowest BCUT2D eigenvalue weighted by molar-refractivity contribution is -0.254. The molecule has 1 fully saturated rings. The summed E-state index contributed by atoms with van der Waals surface area (Å²) in [5.41, 5.74) is 1.39. The highest BCUT2D eigenvalue weighted by molar-refractivity contribution is 7.19. The molecular weight excluding hydrogens is 560 g/mol. The zero-order valence-corrected chi connectivity index (χ0v) is 24.0. The van der Waals surface area contributed by atoms with Crippen molar-refractivity contribution < 1.29 is 42.9 Å². The molecule has 0 N–H and O–H groups in total. The largest absolute Gasteiger partial charge is 0.463 e. The van der Waals surface area contributed by atoms with Gasteiger partial charge in [-0.25, -0.2) is 0 Å². The Bertz CT molecular complexity index is 1380. The Hall–Kier alpha value is -3.47. The third-order valence-electron chi connectivity index (χ3n) is 6.23. The summed E-state index contributed by atoms with van der Waals surface area (Å²) < 4.78 is 29.2. The van der Waals surface area contributed by atoms with Crippen LogP contribution in [0.2, 0.25) is 5.02 Å². The van der Waals surface area contributed by atoms with E-state index in [1.165, 1.54) is 27.7 Å². The summed E-state index contributed by atoms with van der Waals surface area (Å²) in [5, 5.41) is 1.67. The molecule has 1 aliphatic rings. The molecule has 1 unspecified atom stereocenters. The van der Waals surface area contributed by atoms with Crippen LogP contribution in [-0.2, 0) is 49.3 Å². The fourth-order valence-corrected chi connectivity index (χ4v) is 5.99. The topological polar surface area (TPSA) is 114 Å². The van der Waals surface area contributed by atoms with Gasteiger partial charge >= 0.3 is 23.9 Å². The molecule has 0 amide bonds. The molecule has 1 saturated heterocycles. The molecule has 4 rings (SSSR count). The van der Waals surface area contributed by atoms with Gasteiger partial charge in [-0.15, -0.1) is 11.3 Å². The quantitative estimate of drug-likeness (QED) is 0.266. The van der Waals surface area contributed by atoms with Crippen LogP contribution >= 0.6 is 22.9 Å². The summed E-state index contributed by atoms with van der Waals surface area (Å²) in [6, 6.07) is 15.5. The van der Waals surface area contributed by atoms with Gasteiger partial charge in [0.1, 0.15) is 18.8 Å². The van der Waals surface area contributed by atoms with E-state index in [0.717, 1.165) is 20.5 Å². The van der Waals surface area contributed by atoms with Gasteiger partial charge in [-0.3, -0.25) is 19.2 Å². The molecule has 0 spiro atoms. The predicted octanol–water partition coefficient (Wildman–Crippen LogP) is 4.94. The lowest BCUT2D eigenvalue weighted by Gasteiger charge is -2.44. The number of hydrogen-bond donors (Lipinski definition) is 0. The number of halogens is 1. The molecule has 0 aliphatic carbocycles. The van der Waals surface area contributed by atoms with Crippen molar-refractivity contribution in [2.75, 3.05) is 6.61 Å². The van der Waals surface area contributed by atoms with E-state index in [1.807, 2.05) is 24.3 Å². The van der Waals surface area contributed by atoms with Gasteiger partial charge in [0.05, 0.1) is 0 Å². The first-order valence-corrected chi connectivity index (χ1v) is 13.8. The van der Waals surface area contributed by atoms with Crippen LogP contribution < -0.4 is 0 Å². The molecule has 5 atom stereocenters. The first-order valence-electron chi connectivity index (χ1n) is 12.6. The maximum Gasteiger partial charge on any atom is 0.303 e. The highest BCUT2D eigenvalue weighted by Gasteiger charge is 2.52. The van der Waals surface area contributed by atoms with Crippen LogP contribution in [0.3, 0.4) is 0 Å². The van der Waals surface area contributed by atoms with Gasteiger partial charge in [-0.1, -0.05) is 41.9 Å². The number of fused-ring (bicyclic) bond motifs is 1. The Morgan fingerprint density at radius 3 is 2.12 bits per heavy atom. The van der Waals surface area contributed by atoms with Crippen molar-refractivity contribution in [2.45, 2.75) is 64.6 Å². The zero-order chi connectivity index (χ0) is 29.0. The van der Waals surface area contributed by atoms with E-state index in [4.69, 9.17) is 35.3 Å². The summed E-state index contributed by atoms with van der Waals surface area (Å²) in [6.45, 7) is 4.51. The Kier molecular flexibility index (Phi) is 9.44. The molecule has 2 aromatic carbocycles. The van der Waals surface area contributed by atoms with Gasteiger partial charge in [0.2, 0.25) is 0 Å². The molecule has 0 saturated carbocycles. The third kappa shape index (κ3) is 7.18. The number of benzene rings is 2. The number of carbonyl (C=O) groups is 4. The van der Waals surface area contributed by atoms with Crippen LogP contribution in [0.1, 0.15) is 49.8 Å². The van der Waals surface area contributed by atoms with E-state index < -0.39 is 54.4 Å². The minimum Gasteiger partial charge on any atom is -0.463 e. The van der Waals surface area contributed by atoms with E-state index in [1.54, 1.807) is 23.5 Å².